The van der Waals surface area contributed by atoms with Crippen LogP contribution < -0.4 is 0 Å². The Balaban J connectivity index is 4.40. The van der Waals surface area contributed by atoms with Crippen LogP contribution in [0.25, 0.3) is 0 Å². The number of phosphoric ester groups is 1. The molecule has 0 aliphatic carbocycles. The van der Waals surface area contributed by atoms with Crippen LogP contribution in [0.15, 0.2) is 24.3 Å². The lowest BCUT2D eigenvalue weighted by molar-refractivity contribution is -0.161. The van der Waals surface area contributed by atoms with Crippen LogP contribution in [-0.4, -0.2) is 65.7 Å². The summed E-state index contributed by atoms with van der Waals surface area (Å²) in [5.74, 6) is -0.941. The van der Waals surface area contributed by atoms with Crippen molar-refractivity contribution in [2.24, 2.45) is 0 Å². The van der Waals surface area contributed by atoms with Gasteiger partial charge in [0.1, 0.15) is 12.7 Å². The number of carbonyl (C=O) groups excluding carboxylic acids is 2. The highest BCUT2D eigenvalue weighted by Gasteiger charge is 2.27. The topological polar surface area (TPSA) is 149 Å². The monoisotopic (exact) mass is 704 g/mol. The van der Waals surface area contributed by atoms with E-state index in [9.17, 15) is 24.2 Å². The van der Waals surface area contributed by atoms with E-state index in [1.807, 2.05) is 0 Å². The summed E-state index contributed by atoms with van der Waals surface area (Å²) in [7, 11) is -4.61. The highest BCUT2D eigenvalue weighted by Crippen LogP contribution is 2.43. The van der Waals surface area contributed by atoms with E-state index < -0.39 is 51.8 Å². The van der Waals surface area contributed by atoms with Gasteiger partial charge < -0.3 is 24.6 Å². The number of ether oxygens (including phenoxy) is 2. The molecule has 3 atom stereocenters. The molecule has 0 rings (SSSR count). The Kier molecular flexibility index (Phi) is 32.8. The van der Waals surface area contributed by atoms with E-state index >= 15 is 0 Å². The van der Waals surface area contributed by atoms with Crippen LogP contribution in [0.4, 0.5) is 0 Å². The van der Waals surface area contributed by atoms with Gasteiger partial charge in [0.15, 0.2) is 6.10 Å². The fraction of sp³-hybridized carbons (Fsp3) is 0.838. The number of phosphoric acid groups is 1. The van der Waals surface area contributed by atoms with Crippen molar-refractivity contribution in [2.75, 3.05) is 26.4 Å². The molecule has 0 aromatic carbocycles. The molecule has 0 bridgehead atoms. The van der Waals surface area contributed by atoms with Gasteiger partial charge in [-0.25, -0.2) is 4.57 Å². The van der Waals surface area contributed by atoms with Gasteiger partial charge in [-0.05, 0) is 44.9 Å². The van der Waals surface area contributed by atoms with Gasteiger partial charge in [0.2, 0.25) is 0 Å². The Morgan fingerprint density at radius 2 is 1.08 bits per heavy atom. The number of carbonyl (C=O) groups is 2. The molecule has 0 aromatic rings. The lowest BCUT2D eigenvalue weighted by Gasteiger charge is -2.20. The van der Waals surface area contributed by atoms with Crippen LogP contribution >= 0.6 is 7.82 Å². The maximum absolute atomic E-state index is 12.5. The molecule has 3 unspecified atom stereocenters. The quantitative estimate of drug-likeness (QED) is 0.0252. The Labute approximate surface area is 291 Å². The number of aliphatic hydroxyl groups is 2. The van der Waals surface area contributed by atoms with E-state index in [4.69, 9.17) is 19.1 Å². The van der Waals surface area contributed by atoms with Crippen molar-refractivity contribution in [3.63, 3.8) is 0 Å². The number of esters is 2. The van der Waals surface area contributed by atoms with Gasteiger partial charge in [-0.1, -0.05) is 128 Å². The molecule has 10 nitrogen and oxygen atoms in total. The zero-order valence-electron chi connectivity index (χ0n) is 30.2. The summed E-state index contributed by atoms with van der Waals surface area (Å²) < 4.78 is 32.5. The molecule has 48 heavy (non-hydrogen) atoms. The van der Waals surface area contributed by atoms with Gasteiger partial charge in [-0.3, -0.25) is 18.6 Å². The minimum Gasteiger partial charge on any atom is -0.462 e. The molecule has 282 valence electrons. The first kappa shape index (κ1) is 46.5. The van der Waals surface area contributed by atoms with E-state index in [-0.39, 0.29) is 19.4 Å². The second-order valence-corrected chi connectivity index (χ2v) is 14.1. The molecule has 0 amide bonds. The second-order valence-electron chi connectivity index (χ2n) is 12.6. The second kappa shape index (κ2) is 33.9. The lowest BCUT2D eigenvalue weighted by Crippen LogP contribution is -2.29. The fourth-order valence-electron chi connectivity index (χ4n) is 4.90. The van der Waals surface area contributed by atoms with Gasteiger partial charge in [0, 0.05) is 12.8 Å². The van der Waals surface area contributed by atoms with Crippen molar-refractivity contribution >= 4 is 19.8 Å². The van der Waals surface area contributed by atoms with Crippen LogP contribution in [0, 0.1) is 0 Å². The summed E-state index contributed by atoms with van der Waals surface area (Å²) in [6.07, 6.45) is 30.1. The van der Waals surface area contributed by atoms with Crippen molar-refractivity contribution in [1.82, 2.24) is 0 Å². The van der Waals surface area contributed by atoms with Crippen LogP contribution in [0.3, 0.4) is 0 Å². The molecule has 0 aromatic heterocycles. The first-order valence-electron chi connectivity index (χ1n) is 18.8. The number of aliphatic hydroxyl groups excluding tert-OH is 2. The number of allylic oxidation sites excluding steroid dienone is 4. The van der Waals surface area contributed by atoms with E-state index in [2.05, 4.69) is 42.7 Å². The summed E-state index contributed by atoms with van der Waals surface area (Å²) in [5.41, 5.74) is 0. The standard InChI is InChI=1S/C37H69O10P/c1-3-5-7-9-11-13-15-16-17-18-19-21-23-25-27-29-37(41)47-35(33-46-48(42,43)45-31-34(39)30-38)32-44-36(40)28-26-24-22-20-14-12-10-8-6-4-2/h11,13,16-17,34-35,38-39H,3-10,12,14-15,18-33H2,1-2H3,(H,42,43)/b13-11-,17-16-. The SMILES string of the molecule is CCCCC/C=C\C/C=C\CCCCCCCC(=O)OC(COC(=O)CCCCCCCCCCCC)COP(=O)(O)OCC(O)CO. The van der Waals surface area contributed by atoms with Crippen molar-refractivity contribution in [2.45, 2.75) is 174 Å². The number of hydrogen-bond acceptors (Lipinski definition) is 9. The number of unbranched alkanes of at least 4 members (excludes halogenated alkanes) is 17. The Hall–Kier alpha value is -1.55. The molecule has 0 aliphatic rings. The number of rotatable bonds is 35. The summed E-state index contributed by atoms with van der Waals surface area (Å²) in [4.78, 5) is 34.7. The molecule has 0 saturated carbocycles. The highest BCUT2D eigenvalue weighted by atomic mass is 31.2. The van der Waals surface area contributed by atoms with Crippen LogP contribution in [-0.2, 0) is 32.7 Å². The normalized spacial score (nSPS) is 14.4. The molecule has 0 heterocycles. The van der Waals surface area contributed by atoms with Gasteiger partial charge >= 0.3 is 19.8 Å². The molecule has 0 radical (unpaired) electrons. The maximum Gasteiger partial charge on any atom is 0.472 e. The average molecular weight is 705 g/mol. The van der Waals surface area contributed by atoms with Gasteiger partial charge in [-0.15, -0.1) is 0 Å². The predicted molar refractivity (Wildman–Crippen MR) is 191 cm³/mol. The molecule has 3 N–H and O–H groups in total. The Morgan fingerprint density at radius 3 is 1.65 bits per heavy atom. The molecule has 11 heteroatoms. The van der Waals surface area contributed by atoms with Crippen molar-refractivity contribution < 1.29 is 47.8 Å². The van der Waals surface area contributed by atoms with Crippen LogP contribution in [0.5, 0.6) is 0 Å². The summed E-state index contributed by atoms with van der Waals surface area (Å²) in [6, 6.07) is 0. The lowest BCUT2D eigenvalue weighted by atomic mass is 10.1. The fourth-order valence-corrected chi connectivity index (χ4v) is 5.69. The minimum absolute atomic E-state index is 0.170. The van der Waals surface area contributed by atoms with E-state index in [0.29, 0.717) is 12.8 Å². The third-order valence-electron chi connectivity index (χ3n) is 7.86. The van der Waals surface area contributed by atoms with Gasteiger partial charge in [0.05, 0.1) is 19.8 Å². The Morgan fingerprint density at radius 1 is 0.625 bits per heavy atom. The van der Waals surface area contributed by atoms with Crippen molar-refractivity contribution in [1.29, 1.82) is 0 Å². The Bertz CT molecular complexity index is 863. The van der Waals surface area contributed by atoms with Crippen molar-refractivity contribution in [3.05, 3.63) is 24.3 Å². The molecule has 0 aliphatic heterocycles. The maximum atomic E-state index is 12.5. The molecule has 0 saturated heterocycles. The summed E-state index contributed by atoms with van der Waals surface area (Å²) >= 11 is 0. The summed E-state index contributed by atoms with van der Waals surface area (Å²) in [6.45, 7) is 2.31. The van der Waals surface area contributed by atoms with Gasteiger partial charge in [-0.2, -0.15) is 0 Å². The third kappa shape index (κ3) is 33.0. The summed E-state index contributed by atoms with van der Waals surface area (Å²) in [5, 5.41) is 18.2. The minimum atomic E-state index is -4.61. The molecule has 0 spiro atoms. The number of hydrogen-bond donors (Lipinski definition) is 3. The average Bonchev–Trinajstić information content (AvgIpc) is 3.07. The molecule has 0 fully saturated rings. The van der Waals surface area contributed by atoms with E-state index in [0.717, 1.165) is 64.2 Å². The van der Waals surface area contributed by atoms with E-state index in [1.165, 1.54) is 57.8 Å². The first-order chi connectivity index (χ1) is 23.2. The van der Waals surface area contributed by atoms with Gasteiger partial charge in [0.25, 0.3) is 0 Å². The third-order valence-corrected chi connectivity index (χ3v) is 8.81. The zero-order valence-corrected chi connectivity index (χ0v) is 31.1. The van der Waals surface area contributed by atoms with Crippen LogP contribution in [0.2, 0.25) is 0 Å². The smallest absolute Gasteiger partial charge is 0.462 e. The highest BCUT2D eigenvalue weighted by molar-refractivity contribution is 7.47. The first-order valence-corrected chi connectivity index (χ1v) is 20.3. The molecular formula is C37H69O10P. The molecular weight excluding hydrogens is 635 g/mol. The largest absolute Gasteiger partial charge is 0.472 e. The van der Waals surface area contributed by atoms with Crippen LogP contribution in [0.1, 0.15) is 162 Å². The predicted octanol–water partition coefficient (Wildman–Crippen LogP) is 9.05. The van der Waals surface area contributed by atoms with Crippen molar-refractivity contribution in [3.8, 4) is 0 Å². The van der Waals surface area contributed by atoms with E-state index in [1.54, 1.807) is 0 Å². The zero-order chi connectivity index (χ0) is 35.6.